The Morgan fingerprint density at radius 1 is 1.57 bits per heavy atom. The molecule has 1 heterocycles. The molecule has 1 fully saturated rings. The molecule has 0 bridgehead atoms. The lowest BCUT2D eigenvalue weighted by atomic mass is 9.95. The van der Waals surface area contributed by atoms with Gasteiger partial charge in [0.1, 0.15) is 0 Å². The standard InChI is InChI=1S/C12H18N2/c1-10(4-5-12(13)6-7-12)11-3-2-8-14-9-11/h2-3,8-10H,4-7,13H2,1H3. The molecule has 2 heteroatoms. The van der Waals surface area contributed by atoms with E-state index in [2.05, 4.69) is 18.0 Å². The number of nitrogens with zero attached hydrogens (tertiary/aromatic N) is 1. The third-order valence-corrected chi connectivity index (χ3v) is 3.22. The molecule has 0 aromatic carbocycles. The Labute approximate surface area is 85.5 Å². The summed E-state index contributed by atoms with van der Waals surface area (Å²) in [7, 11) is 0. The Hall–Kier alpha value is -0.890. The molecule has 0 radical (unpaired) electrons. The highest BCUT2D eigenvalue weighted by Crippen LogP contribution is 2.38. The summed E-state index contributed by atoms with van der Waals surface area (Å²) in [6.45, 7) is 2.25. The first-order valence-electron chi connectivity index (χ1n) is 5.38. The molecule has 1 aliphatic carbocycles. The van der Waals surface area contributed by atoms with E-state index < -0.39 is 0 Å². The second-order valence-corrected chi connectivity index (χ2v) is 4.59. The van der Waals surface area contributed by atoms with E-state index in [1.54, 1.807) is 0 Å². The summed E-state index contributed by atoms with van der Waals surface area (Å²) in [5, 5.41) is 0. The summed E-state index contributed by atoms with van der Waals surface area (Å²) < 4.78 is 0. The largest absolute Gasteiger partial charge is 0.325 e. The molecule has 0 aliphatic heterocycles. The van der Waals surface area contributed by atoms with Crippen LogP contribution in [-0.2, 0) is 0 Å². The van der Waals surface area contributed by atoms with Crippen LogP contribution in [0.2, 0.25) is 0 Å². The fraction of sp³-hybridized carbons (Fsp3) is 0.583. The summed E-state index contributed by atoms with van der Waals surface area (Å²) in [6, 6.07) is 4.15. The van der Waals surface area contributed by atoms with Gasteiger partial charge in [0.15, 0.2) is 0 Å². The SMILES string of the molecule is CC(CCC1(N)CC1)c1cccnc1. The van der Waals surface area contributed by atoms with Crippen LogP contribution in [-0.4, -0.2) is 10.5 Å². The molecule has 14 heavy (non-hydrogen) atoms. The maximum atomic E-state index is 6.06. The molecule has 1 aliphatic rings. The lowest BCUT2D eigenvalue weighted by Gasteiger charge is -2.14. The van der Waals surface area contributed by atoms with Gasteiger partial charge in [0, 0.05) is 17.9 Å². The van der Waals surface area contributed by atoms with E-state index in [0.29, 0.717) is 5.92 Å². The molecule has 0 spiro atoms. The van der Waals surface area contributed by atoms with E-state index in [-0.39, 0.29) is 5.54 Å². The average molecular weight is 190 g/mol. The van der Waals surface area contributed by atoms with Crippen molar-refractivity contribution in [3.8, 4) is 0 Å². The monoisotopic (exact) mass is 190 g/mol. The van der Waals surface area contributed by atoms with Crippen molar-refractivity contribution in [3.63, 3.8) is 0 Å². The Morgan fingerprint density at radius 3 is 2.93 bits per heavy atom. The minimum atomic E-state index is 0.191. The van der Waals surface area contributed by atoms with E-state index in [4.69, 9.17) is 5.73 Å². The lowest BCUT2D eigenvalue weighted by molar-refractivity contribution is 0.532. The van der Waals surface area contributed by atoms with E-state index in [1.165, 1.54) is 24.8 Å². The number of rotatable bonds is 4. The van der Waals surface area contributed by atoms with Gasteiger partial charge < -0.3 is 5.73 Å². The number of hydrogen-bond acceptors (Lipinski definition) is 2. The topological polar surface area (TPSA) is 38.9 Å². The smallest absolute Gasteiger partial charge is 0.0302 e. The van der Waals surface area contributed by atoms with Gasteiger partial charge >= 0.3 is 0 Å². The Balaban J connectivity index is 1.86. The maximum absolute atomic E-state index is 6.06. The predicted molar refractivity (Wildman–Crippen MR) is 58.0 cm³/mol. The minimum absolute atomic E-state index is 0.191. The second-order valence-electron chi connectivity index (χ2n) is 4.59. The van der Waals surface area contributed by atoms with Gasteiger partial charge in [-0.25, -0.2) is 0 Å². The lowest BCUT2D eigenvalue weighted by Crippen LogP contribution is -2.21. The van der Waals surface area contributed by atoms with Gasteiger partial charge in [-0.05, 0) is 43.2 Å². The van der Waals surface area contributed by atoms with Crippen molar-refractivity contribution in [2.45, 2.75) is 44.1 Å². The Bertz CT molecular complexity index is 290. The van der Waals surface area contributed by atoms with Crippen molar-refractivity contribution in [1.29, 1.82) is 0 Å². The van der Waals surface area contributed by atoms with Gasteiger partial charge in [-0.1, -0.05) is 13.0 Å². The number of pyridine rings is 1. The van der Waals surface area contributed by atoms with Gasteiger partial charge in [0.2, 0.25) is 0 Å². The van der Waals surface area contributed by atoms with Gasteiger partial charge in [-0.3, -0.25) is 4.98 Å². The van der Waals surface area contributed by atoms with Gasteiger partial charge in [-0.2, -0.15) is 0 Å². The van der Waals surface area contributed by atoms with Crippen molar-refractivity contribution in [3.05, 3.63) is 30.1 Å². The van der Waals surface area contributed by atoms with Gasteiger partial charge in [-0.15, -0.1) is 0 Å². The molecule has 0 saturated heterocycles. The van der Waals surface area contributed by atoms with Crippen LogP contribution in [0.5, 0.6) is 0 Å². The van der Waals surface area contributed by atoms with Gasteiger partial charge in [0.25, 0.3) is 0 Å². The van der Waals surface area contributed by atoms with E-state index >= 15 is 0 Å². The molecule has 0 amide bonds. The first-order chi connectivity index (χ1) is 6.70. The molecule has 1 saturated carbocycles. The summed E-state index contributed by atoms with van der Waals surface area (Å²) in [5.74, 6) is 0.588. The number of nitrogens with two attached hydrogens (primary N) is 1. The second kappa shape index (κ2) is 3.70. The highest BCUT2D eigenvalue weighted by Gasteiger charge is 2.37. The summed E-state index contributed by atoms with van der Waals surface area (Å²) in [4.78, 5) is 4.13. The van der Waals surface area contributed by atoms with Crippen molar-refractivity contribution in [2.75, 3.05) is 0 Å². The van der Waals surface area contributed by atoms with Crippen molar-refractivity contribution in [2.24, 2.45) is 5.73 Å². The van der Waals surface area contributed by atoms with Crippen LogP contribution in [0.1, 0.15) is 44.1 Å². The molecular weight excluding hydrogens is 172 g/mol. The molecule has 2 rings (SSSR count). The number of aromatic nitrogens is 1. The molecule has 2 N–H and O–H groups in total. The zero-order valence-corrected chi connectivity index (χ0v) is 8.74. The minimum Gasteiger partial charge on any atom is -0.325 e. The van der Waals surface area contributed by atoms with Crippen molar-refractivity contribution in [1.82, 2.24) is 4.98 Å². The zero-order valence-electron chi connectivity index (χ0n) is 8.74. The zero-order chi connectivity index (χ0) is 10.0. The quantitative estimate of drug-likeness (QED) is 0.792. The average Bonchev–Trinajstić information content (AvgIpc) is 2.95. The summed E-state index contributed by atoms with van der Waals surface area (Å²) in [5.41, 5.74) is 7.58. The predicted octanol–water partition coefficient (Wildman–Crippen LogP) is 2.46. The van der Waals surface area contributed by atoms with Crippen molar-refractivity contribution >= 4 is 0 Å². The first-order valence-corrected chi connectivity index (χ1v) is 5.38. The number of hydrogen-bond donors (Lipinski definition) is 1. The third kappa shape index (κ3) is 2.32. The van der Waals surface area contributed by atoms with Crippen molar-refractivity contribution < 1.29 is 0 Å². The van der Waals surface area contributed by atoms with Crippen LogP contribution < -0.4 is 5.73 Å². The highest BCUT2D eigenvalue weighted by molar-refractivity contribution is 5.14. The molecule has 1 atom stereocenters. The van der Waals surface area contributed by atoms with Crippen LogP contribution >= 0.6 is 0 Å². The fourth-order valence-electron chi connectivity index (χ4n) is 1.75. The molecular formula is C12H18N2. The van der Waals surface area contributed by atoms with Crippen LogP contribution in [0.4, 0.5) is 0 Å². The van der Waals surface area contributed by atoms with E-state index in [9.17, 15) is 0 Å². The van der Waals surface area contributed by atoms with E-state index in [1.807, 2.05) is 18.5 Å². The normalized spacial score (nSPS) is 20.4. The Kier molecular flexibility index (Phi) is 2.55. The van der Waals surface area contributed by atoms with Gasteiger partial charge in [0.05, 0.1) is 0 Å². The van der Waals surface area contributed by atoms with Crippen LogP contribution in [0.3, 0.4) is 0 Å². The fourth-order valence-corrected chi connectivity index (χ4v) is 1.75. The van der Waals surface area contributed by atoms with Crippen LogP contribution in [0.25, 0.3) is 0 Å². The first kappa shape index (κ1) is 9.66. The molecule has 1 unspecified atom stereocenters. The summed E-state index contributed by atoms with van der Waals surface area (Å²) >= 11 is 0. The van der Waals surface area contributed by atoms with Crippen LogP contribution in [0, 0.1) is 0 Å². The molecule has 2 nitrogen and oxygen atoms in total. The summed E-state index contributed by atoms with van der Waals surface area (Å²) in [6.07, 6.45) is 8.55. The molecule has 1 aromatic rings. The van der Waals surface area contributed by atoms with Crippen LogP contribution in [0.15, 0.2) is 24.5 Å². The maximum Gasteiger partial charge on any atom is 0.0302 e. The Morgan fingerprint density at radius 2 is 2.36 bits per heavy atom. The molecule has 1 aromatic heterocycles. The van der Waals surface area contributed by atoms with E-state index in [0.717, 1.165) is 6.42 Å². The third-order valence-electron chi connectivity index (χ3n) is 3.22. The highest BCUT2D eigenvalue weighted by atomic mass is 14.8. The molecule has 76 valence electrons.